The topological polar surface area (TPSA) is 96.0 Å². The van der Waals surface area contributed by atoms with Gasteiger partial charge in [-0.3, -0.25) is 10.1 Å². The Kier molecular flexibility index (Phi) is 3.52. The first kappa shape index (κ1) is 13.1. The van der Waals surface area contributed by atoms with Crippen LogP contribution in [-0.2, 0) is 10.0 Å². The van der Waals surface area contributed by atoms with Crippen LogP contribution < -0.4 is 10.5 Å². The fourth-order valence-electron chi connectivity index (χ4n) is 1.53. The molecule has 0 radical (unpaired) electrons. The van der Waals surface area contributed by atoms with Gasteiger partial charge in [-0.1, -0.05) is 18.2 Å². The second kappa shape index (κ2) is 5.11. The molecule has 0 bridgehead atoms. The summed E-state index contributed by atoms with van der Waals surface area (Å²) in [7, 11) is -3.58. The van der Waals surface area contributed by atoms with Crippen LogP contribution in [0.4, 0.5) is 5.69 Å². The summed E-state index contributed by atoms with van der Waals surface area (Å²) >= 11 is 0. The van der Waals surface area contributed by atoms with E-state index in [2.05, 4.69) is 4.72 Å². The molecule has 0 aliphatic carbocycles. The minimum atomic E-state index is -3.58. The Morgan fingerprint density at radius 2 is 1.58 bits per heavy atom. The fourth-order valence-corrected chi connectivity index (χ4v) is 2.61. The second-order valence-corrected chi connectivity index (χ2v) is 5.59. The van der Waals surface area contributed by atoms with Crippen molar-refractivity contribution >= 4 is 21.5 Å². The third-order valence-electron chi connectivity index (χ3n) is 2.50. The van der Waals surface area contributed by atoms with Crippen LogP contribution in [-0.4, -0.2) is 14.3 Å². The second-order valence-electron chi connectivity index (χ2n) is 3.91. The molecular formula is C13H13N3O2S. The smallest absolute Gasteiger partial charge is 0.261 e. The minimum absolute atomic E-state index is 0.0579. The average molecular weight is 275 g/mol. The van der Waals surface area contributed by atoms with Crippen molar-refractivity contribution in [2.75, 3.05) is 4.72 Å². The molecule has 0 atom stereocenters. The van der Waals surface area contributed by atoms with Crippen molar-refractivity contribution in [3.63, 3.8) is 0 Å². The third kappa shape index (κ3) is 3.11. The van der Waals surface area contributed by atoms with Gasteiger partial charge in [-0.05, 0) is 36.4 Å². The van der Waals surface area contributed by atoms with E-state index >= 15 is 0 Å². The van der Waals surface area contributed by atoms with E-state index in [1.807, 2.05) is 0 Å². The van der Waals surface area contributed by atoms with Crippen molar-refractivity contribution in [2.45, 2.75) is 4.90 Å². The molecule has 0 saturated carbocycles. The summed E-state index contributed by atoms with van der Waals surface area (Å²) in [5, 5.41) is 7.26. The van der Waals surface area contributed by atoms with Crippen LogP contribution in [0.3, 0.4) is 0 Å². The van der Waals surface area contributed by atoms with Gasteiger partial charge in [0.1, 0.15) is 5.84 Å². The van der Waals surface area contributed by atoms with E-state index in [1.54, 1.807) is 42.5 Å². The van der Waals surface area contributed by atoms with Crippen LogP contribution in [0.5, 0.6) is 0 Å². The number of rotatable bonds is 4. The van der Waals surface area contributed by atoms with Crippen molar-refractivity contribution in [1.82, 2.24) is 0 Å². The summed E-state index contributed by atoms with van der Waals surface area (Å²) in [6.07, 6.45) is 0. The largest absolute Gasteiger partial charge is 0.384 e. The van der Waals surface area contributed by atoms with Crippen molar-refractivity contribution in [3.8, 4) is 0 Å². The van der Waals surface area contributed by atoms with Crippen LogP contribution in [0.15, 0.2) is 59.5 Å². The molecule has 98 valence electrons. The SMILES string of the molecule is N=C(N)c1ccc(NS(=O)(=O)c2ccccc2)cc1. The van der Waals surface area contributed by atoms with E-state index in [0.717, 1.165) is 0 Å². The van der Waals surface area contributed by atoms with E-state index in [1.165, 1.54) is 12.1 Å². The Balaban J connectivity index is 2.24. The van der Waals surface area contributed by atoms with Crippen LogP contribution in [0.1, 0.15) is 5.56 Å². The predicted molar refractivity (Wildman–Crippen MR) is 74.7 cm³/mol. The van der Waals surface area contributed by atoms with Gasteiger partial charge in [0, 0.05) is 11.3 Å². The van der Waals surface area contributed by atoms with Gasteiger partial charge in [0.2, 0.25) is 0 Å². The fraction of sp³-hybridized carbons (Fsp3) is 0. The number of hydrogen-bond donors (Lipinski definition) is 3. The zero-order valence-corrected chi connectivity index (χ0v) is 10.8. The molecule has 19 heavy (non-hydrogen) atoms. The maximum absolute atomic E-state index is 12.0. The average Bonchev–Trinajstić information content (AvgIpc) is 2.40. The summed E-state index contributed by atoms with van der Waals surface area (Å²) in [6.45, 7) is 0. The van der Waals surface area contributed by atoms with Gasteiger partial charge in [0.05, 0.1) is 4.90 Å². The maximum Gasteiger partial charge on any atom is 0.261 e. The summed E-state index contributed by atoms with van der Waals surface area (Å²) in [6, 6.07) is 14.4. The van der Waals surface area contributed by atoms with E-state index < -0.39 is 10.0 Å². The van der Waals surface area contributed by atoms with Crippen LogP contribution in [0.2, 0.25) is 0 Å². The van der Waals surface area contributed by atoms with Crippen LogP contribution in [0.25, 0.3) is 0 Å². The van der Waals surface area contributed by atoms with Gasteiger partial charge >= 0.3 is 0 Å². The molecule has 0 aromatic heterocycles. The molecule has 0 saturated heterocycles. The van der Waals surface area contributed by atoms with Gasteiger partial charge in [0.15, 0.2) is 0 Å². The predicted octanol–water partition coefficient (Wildman–Crippen LogP) is 1.77. The van der Waals surface area contributed by atoms with Gasteiger partial charge in [-0.2, -0.15) is 0 Å². The molecule has 0 unspecified atom stereocenters. The standard InChI is InChI=1S/C13H13N3O2S/c14-13(15)10-6-8-11(9-7-10)16-19(17,18)12-4-2-1-3-5-12/h1-9,16H,(H3,14,15). The van der Waals surface area contributed by atoms with Gasteiger partial charge in [-0.25, -0.2) is 8.42 Å². The Morgan fingerprint density at radius 3 is 2.11 bits per heavy atom. The summed E-state index contributed by atoms with van der Waals surface area (Å²) in [5.41, 5.74) is 6.30. The molecule has 6 heteroatoms. The molecule has 0 aliphatic heterocycles. The lowest BCUT2D eigenvalue weighted by molar-refractivity contribution is 0.601. The Bertz CT molecular complexity index is 680. The van der Waals surface area contributed by atoms with Gasteiger partial charge < -0.3 is 5.73 Å². The van der Waals surface area contributed by atoms with Crippen molar-refractivity contribution in [1.29, 1.82) is 5.41 Å². The van der Waals surface area contributed by atoms with E-state index in [9.17, 15) is 8.42 Å². The number of amidine groups is 1. The highest BCUT2D eigenvalue weighted by molar-refractivity contribution is 7.92. The lowest BCUT2D eigenvalue weighted by Gasteiger charge is -2.08. The summed E-state index contributed by atoms with van der Waals surface area (Å²) in [5.74, 6) is -0.0579. The molecule has 5 nitrogen and oxygen atoms in total. The highest BCUT2D eigenvalue weighted by Gasteiger charge is 2.13. The lowest BCUT2D eigenvalue weighted by Crippen LogP contribution is -2.14. The van der Waals surface area contributed by atoms with Crippen molar-refractivity contribution < 1.29 is 8.42 Å². The summed E-state index contributed by atoms with van der Waals surface area (Å²) in [4.78, 5) is 0.200. The number of sulfonamides is 1. The number of nitrogens with one attached hydrogen (secondary N) is 2. The quantitative estimate of drug-likeness (QED) is 0.586. The van der Waals surface area contributed by atoms with Gasteiger partial charge in [-0.15, -0.1) is 0 Å². The number of nitrogen functional groups attached to an aromatic ring is 1. The Morgan fingerprint density at radius 1 is 1.00 bits per heavy atom. The van der Waals surface area contributed by atoms with Crippen LogP contribution >= 0.6 is 0 Å². The van der Waals surface area contributed by atoms with Crippen LogP contribution in [0, 0.1) is 5.41 Å². The first-order chi connectivity index (χ1) is 8.99. The maximum atomic E-state index is 12.0. The number of hydrogen-bond acceptors (Lipinski definition) is 3. The third-order valence-corrected chi connectivity index (χ3v) is 3.90. The van der Waals surface area contributed by atoms with E-state index in [-0.39, 0.29) is 10.7 Å². The highest BCUT2D eigenvalue weighted by Crippen LogP contribution is 2.16. The normalized spacial score (nSPS) is 10.9. The molecule has 0 spiro atoms. The van der Waals surface area contributed by atoms with Gasteiger partial charge in [0.25, 0.3) is 10.0 Å². The molecule has 2 rings (SSSR count). The van der Waals surface area contributed by atoms with E-state index in [4.69, 9.17) is 11.1 Å². The highest BCUT2D eigenvalue weighted by atomic mass is 32.2. The molecule has 0 fully saturated rings. The van der Waals surface area contributed by atoms with Crippen molar-refractivity contribution in [3.05, 3.63) is 60.2 Å². The summed E-state index contributed by atoms with van der Waals surface area (Å²) < 4.78 is 26.5. The zero-order chi connectivity index (χ0) is 13.9. The molecule has 0 aliphatic rings. The zero-order valence-electron chi connectivity index (χ0n) is 10.00. The molecule has 0 amide bonds. The molecule has 2 aromatic rings. The molecule has 2 aromatic carbocycles. The van der Waals surface area contributed by atoms with Crippen molar-refractivity contribution in [2.24, 2.45) is 5.73 Å². The number of nitrogens with two attached hydrogens (primary N) is 1. The Hall–Kier alpha value is -2.34. The lowest BCUT2D eigenvalue weighted by atomic mass is 10.2. The van der Waals surface area contributed by atoms with E-state index in [0.29, 0.717) is 11.3 Å². The Labute approximate surface area is 111 Å². The number of benzene rings is 2. The number of anilines is 1. The first-order valence-electron chi connectivity index (χ1n) is 5.51. The molecule has 4 N–H and O–H groups in total. The minimum Gasteiger partial charge on any atom is -0.384 e. The monoisotopic (exact) mass is 275 g/mol. The molecular weight excluding hydrogens is 262 g/mol. The first-order valence-corrected chi connectivity index (χ1v) is 7.00. The molecule has 0 heterocycles.